The van der Waals surface area contributed by atoms with Crippen molar-refractivity contribution in [3.63, 3.8) is 0 Å². The van der Waals surface area contributed by atoms with Gasteiger partial charge in [0.15, 0.2) is 14.9 Å². The molecule has 1 saturated carbocycles. The Bertz CT molecular complexity index is 1030. The summed E-state index contributed by atoms with van der Waals surface area (Å²) in [5, 5.41) is 0.0873. The van der Waals surface area contributed by atoms with E-state index in [-0.39, 0.29) is 17.2 Å². The molecule has 0 unspecified atom stereocenters. The van der Waals surface area contributed by atoms with Crippen LogP contribution < -0.4 is 9.64 Å². The van der Waals surface area contributed by atoms with Crippen molar-refractivity contribution in [1.29, 1.82) is 0 Å². The molecule has 7 nitrogen and oxygen atoms in total. The molecule has 0 aromatic carbocycles. The van der Waals surface area contributed by atoms with Crippen LogP contribution in [0.15, 0.2) is 35.5 Å². The number of sulfone groups is 1. The second-order valence-electron chi connectivity index (χ2n) is 9.22. The van der Waals surface area contributed by atoms with Crippen LogP contribution in [0.4, 0.5) is 5.82 Å². The molecule has 8 heteroatoms. The Morgan fingerprint density at radius 2 is 1.64 bits per heavy atom. The summed E-state index contributed by atoms with van der Waals surface area (Å²) in [5.41, 5.74) is 1.88. The Labute approximate surface area is 197 Å². The molecule has 180 valence electrons. The normalized spacial score (nSPS) is 22.3. The highest BCUT2D eigenvalue weighted by molar-refractivity contribution is 7.90. The van der Waals surface area contributed by atoms with Gasteiger partial charge in [-0.05, 0) is 75.6 Å². The van der Waals surface area contributed by atoms with E-state index in [1.807, 2.05) is 6.20 Å². The van der Waals surface area contributed by atoms with Crippen molar-refractivity contribution >= 4 is 15.7 Å². The maximum atomic E-state index is 11.7. The van der Waals surface area contributed by atoms with Crippen molar-refractivity contribution in [3.05, 3.63) is 41.7 Å². The van der Waals surface area contributed by atoms with E-state index >= 15 is 0 Å². The van der Waals surface area contributed by atoms with Crippen LogP contribution in [0.5, 0.6) is 5.75 Å². The summed E-state index contributed by atoms with van der Waals surface area (Å²) in [6.07, 6.45) is 10.8. The van der Waals surface area contributed by atoms with Crippen LogP contribution in [0.1, 0.15) is 56.7 Å². The number of aromatic nitrogens is 2. The van der Waals surface area contributed by atoms with Crippen LogP contribution in [0.25, 0.3) is 0 Å². The van der Waals surface area contributed by atoms with Gasteiger partial charge < -0.3 is 14.4 Å². The van der Waals surface area contributed by atoms with Gasteiger partial charge >= 0.3 is 0 Å². The van der Waals surface area contributed by atoms with Crippen LogP contribution >= 0.6 is 0 Å². The fourth-order valence-electron chi connectivity index (χ4n) is 4.63. The van der Waals surface area contributed by atoms with Gasteiger partial charge in [0.2, 0.25) is 0 Å². The molecule has 1 saturated heterocycles. The van der Waals surface area contributed by atoms with E-state index in [0.717, 1.165) is 63.9 Å². The van der Waals surface area contributed by atoms with Gasteiger partial charge in [0, 0.05) is 25.5 Å². The number of hydrogen-bond donors (Lipinski definition) is 0. The van der Waals surface area contributed by atoms with E-state index < -0.39 is 9.84 Å². The SMILES string of the molecule is CCc1ccc(N2CCC(O[C@H]3CC[C@H](Oc4ccc(S(C)(=O)=O)nc4C)CC3)CC2)nc1. The summed E-state index contributed by atoms with van der Waals surface area (Å²) in [6, 6.07) is 7.54. The smallest absolute Gasteiger partial charge is 0.192 e. The van der Waals surface area contributed by atoms with Crippen molar-refractivity contribution in [2.75, 3.05) is 24.2 Å². The van der Waals surface area contributed by atoms with E-state index in [2.05, 4.69) is 33.9 Å². The molecular weight excluding hydrogens is 438 g/mol. The lowest BCUT2D eigenvalue weighted by atomic mass is 9.94. The summed E-state index contributed by atoms with van der Waals surface area (Å²) in [5.74, 6) is 1.73. The molecule has 0 spiro atoms. The molecule has 1 aliphatic carbocycles. The van der Waals surface area contributed by atoms with E-state index in [1.165, 1.54) is 17.9 Å². The number of anilines is 1. The van der Waals surface area contributed by atoms with Gasteiger partial charge in [-0.1, -0.05) is 13.0 Å². The number of pyridine rings is 2. The number of aryl methyl sites for hydroxylation is 2. The number of hydrogen-bond acceptors (Lipinski definition) is 7. The largest absolute Gasteiger partial charge is 0.489 e. The van der Waals surface area contributed by atoms with E-state index in [0.29, 0.717) is 17.5 Å². The Hall–Kier alpha value is -2.19. The summed E-state index contributed by atoms with van der Waals surface area (Å²) in [6.45, 7) is 5.91. The quantitative estimate of drug-likeness (QED) is 0.598. The highest BCUT2D eigenvalue weighted by atomic mass is 32.2. The predicted octanol–water partition coefficient (Wildman–Crippen LogP) is 4.13. The van der Waals surface area contributed by atoms with Gasteiger partial charge in [-0.15, -0.1) is 0 Å². The van der Waals surface area contributed by atoms with Gasteiger partial charge in [-0.25, -0.2) is 18.4 Å². The summed E-state index contributed by atoms with van der Waals surface area (Å²) >= 11 is 0. The molecule has 2 aliphatic rings. The molecule has 0 atom stereocenters. The molecule has 0 N–H and O–H groups in total. The molecule has 33 heavy (non-hydrogen) atoms. The first-order chi connectivity index (χ1) is 15.8. The maximum Gasteiger partial charge on any atom is 0.192 e. The maximum absolute atomic E-state index is 11.7. The topological polar surface area (TPSA) is 81.6 Å². The molecular formula is C25H35N3O4S. The van der Waals surface area contributed by atoms with Crippen molar-refractivity contribution in [3.8, 4) is 5.75 Å². The van der Waals surface area contributed by atoms with E-state index in [9.17, 15) is 8.42 Å². The van der Waals surface area contributed by atoms with Crippen LogP contribution in [0.2, 0.25) is 0 Å². The third kappa shape index (κ3) is 6.23. The third-order valence-corrected chi connectivity index (χ3v) is 7.66. The van der Waals surface area contributed by atoms with Crippen LogP contribution in [0, 0.1) is 6.92 Å². The summed E-state index contributed by atoms with van der Waals surface area (Å²) in [4.78, 5) is 11.2. The van der Waals surface area contributed by atoms with Crippen LogP contribution in [0.3, 0.4) is 0 Å². The lowest BCUT2D eigenvalue weighted by Crippen LogP contribution is -2.40. The Morgan fingerprint density at radius 1 is 0.970 bits per heavy atom. The van der Waals surface area contributed by atoms with E-state index in [4.69, 9.17) is 9.47 Å². The molecule has 1 aliphatic heterocycles. The second-order valence-corrected chi connectivity index (χ2v) is 11.2. The van der Waals surface area contributed by atoms with Gasteiger partial charge in [0.05, 0.1) is 24.0 Å². The van der Waals surface area contributed by atoms with Crippen LogP contribution in [-0.2, 0) is 21.0 Å². The van der Waals surface area contributed by atoms with Crippen molar-refractivity contribution < 1.29 is 17.9 Å². The molecule has 0 radical (unpaired) electrons. The molecule has 2 aromatic heterocycles. The molecule has 2 aromatic rings. The predicted molar refractivity (Wildman–Crippen MR) is 129 cm³/mol. The highest BCUT2D eigenvalue weighted by Gasteiger charge is 2.28. The first-order valence-electron chi connectivity index (χ1n) is 12.0. The van der Waals surface area contributed by atoms with Crippen molar-refractivity contribution in [1.82, 2.24) is 9.97 Å². The fourth-order valence-corrected chi connectivity index (χ4v) is 5.25. The minimum atomic E-state index is -3.31. The fraction of sp³-hybridized carbons (Fsp3) is 0.600. The number of rotatable bonds is 7. The molecule has 3 heterocycles. The summed E-state index contributed by atoms with van der Waals surface area (Å²) < 4.78 is 35.9. The second kappa shape index (κ2) is 10.4. The highest BCUT2D eigenvalue weighted by Crippen LogP contribution is 2.29. The average Bonchev–Trinajstić information content (AvgIpc) is 2.81. The zero-order valence-corrected chi connectivity index (χ0v) is 20.7. The standard InChI is InChI=1S/C25H35N3O4S/c1-4-19-5-11-24(26-17-19)28-15-13-22(14-16-28)31-20-6-8-21(9-7-20)32-23-10-12-25(27-18(23)2)33(3,29)30/h5,10-12,17,20-22H,4,6-9,13-16H2,1-3H3/t20-,21-. The first kappa shape index (κ1) is 24.0. The van der Waals surface area contributed by atoms with Gasteiger partial charge in [0.1, 0.15) is 11.6 Å². The number of nitrogens with zero attached hydrogens (tertiary/aromatic N) is 3. The molecule has 0 bridgehead atoms. The Morgan fingerprint density at radius 3 is 2.21 bits per heavy atom. The Balaban J connectivity index is 1.21. The van der Waals surface area contributed by atoms with Gasteiger partial charge in [-0.2, -0.15) is 0 Å². The monoisotopic (exact) mass is 473 g/mol. The Kier molecular flexibility index (Phi) is 7.54. The van der Waals surface area contributed by atoms with E-state index in [1.54, 1.807) is 13.0 Å². The van der Waals surface area contributed by atoms with Crippen LogP contribution in [-0.4, -0.2) is 56.0 Å². The molecule has 0 amide bonds. The minimum absolute atomic E-state index is 0.0873. The molecule has 4 rings (SSSR count). The van der Waals surface area contributed by atoms with Crippen molar-refractivity contribution in [2.24, 2.45) is 0 Å². The molecule has 2 fully saturated rings. The number of ether oxygens (including phenoxy) is 2. The third-order valence-electron chi connectivity index (χ3n) is 6.67. The zero-order chi connectivity index (χ0) is 23.4. The average molecular weight is 474 g/mol. The van der Waals surface area contributed by atoms with Crippen molar-refractivity contribution in [2.45, 2.75) is 82.1 Å². The number of piperidine rings is 1. The van der Waals surface area contributed by atoms with Gasteiger partial charge in [-0.3, -0.25) is 0 Å². The lowest BCUT2D eigenvalue weighted by Gasteiger charge is -2.36. The van der Waals surface area contributed by atoms with Gasteiger partial charge in [0.25, 0.3) is 0 Å². The minimum Gasteiger partial charge on any atom is -0.489 e. The first-order valence-corrected chi connectivity index (χ1v) is 13.9. The summed E-state index contributed by atoms with van der Waals surface area (Å²) in [7, 11) is -3.31. The zero-order valence-electron chi connectivity index (χ0n) is 19.9. The lowest BCUT2D eigenvalue weighted by molar-refractivity contribution is -0.0528.